The van der Waals surface area contributed by atoms with Crippen LogP contribution >= 0.6 is 0 Å². The molecular formula is C11H22N2O3. The number of likely N-dealkylation sites (N-methyl/N-ethyl adjacent to an activating group) is 1. The first-order valence-electron chi connectivity index (χ1n) is 5.51. The van der Waals surface area contributed by atoms with Crippen molar-refractivity contribution in [2.45, 2.75) is 33.2 Å². The molecule has 2 N–H and O–H groups in total. The molecule has 0 aromatic carbocycles. The Morgan fingerprint density at radius 1 is 1.31 bits per heavy atom. The zero-order valence-electron chi connectivity index (χ0n) is 10.5. The fraction of sp³-hybridized carbons (Fsp3) is 0.818. The number of amides is 1. The maximum Gasteiger partial charge on any atom is 0.304 e. The van der Waals surface area contributed by atoms with Gasteiger partial charge >= 0.3 is 5.97 Å². The molecule has 0 aliphatic heterocycles. The number of nitrogens with one attached hydrogen (secondary N) is 1. The van der Waals surface area contributed by atoms with Crippen molar-refractivity contribution >= 4 is 11.9 Å². The summed E-state index contributed by atoms with van der Waals surface area (Å²) in [5.74, 6) is -0.485. The highest BCUT2D eigenvalue weighted by Gasteiger charge is 2.15. The van der Waals surface area contributed by atoms with E-state index in [1.165, 1.54) is 0 Å². The van der Waals surface area contributed by atoms with Crippen LogP contribution in [0.2, 0.25) is 0 Å². The number of carbonyl (C=O) groups excluding carboxylic acids is 1. The molecule has 5 heteroatoms. The standard InChI is InChI=1S/C11H22N2O3/c1-8(2)6-12-10(14)7-13(4)9(3)5-11(15)16/h8-9H,5-7H2,1-4H3,(H,12,14)(H,15,16). The molecule has 0 aromatic heterocycles. The predicted octanol–water partition coefficient (Wildman–Crippen LogP) is 0.554. The number of nitrogens with zero attached hydrogens (tertiary/aromatic N) is 1. The zero-order chi connectivity index (χ0) is 12.7. The van der Waals surface area contributed by atoms with Gasteiger partial charge in [-0.25, -0.2) is 0 Å². The van der Waals surface area contributed by atoms with E-state index in [4.69, 9.17) is 5.11 Å². The van der Waals surface area contributed by atoms with E-state index in [9.17, 15) is 9.59 Å². The van der Waals surface area contributed by atoms with Gasteiger partial charge in [-0.05, 0) is 19.9 Å². The zero-order valence-corrected chi connectivity index (χ0v) is 10.5. The molecule has 0 bridgehead atoms. The first-order chi connectivity index (χ1) is 7.32. The van der Waals surface area contributed by atoms with Crippen molar-refractivity contribution in [3.63, 3.8) is 0 Å². The third-order valence-electron chi connectivity index (χ3n) is 2.32. The van der Waals surface area contributed by atoms with Crippen molar-refractivity contribution < 1.29 is 14.7 Å². The van der Waals surface area contributed by atoms with E-state index in [0.717, 1.165) is 0 Å². The summed E-state index contributed by atoms with van der Waals surface area (Å²) >= 11 is 0. The molecule has 0 saturated heterocycles. The van der Waals surface area contributed by atoms with Gasteiger partial charge in [-0.1, -0.05) is 13.8 Å². The van der Waals surface area contributed by atoms with Crippen molar-refractivity contribution in [1.29, 1.82) is 0 Å². The van der Waals surface area contributed by atoms with Gasteiger partial charge in [-0.2, -0.15) is 0 Å². The largest absolute Gasteiger partial charge is 0.481 e. The number of carbonyl (C=O) groups is 2. The van der Waals surface area contributed by atoms with Crippen LogP contribution in [0.15, 0.2) is 0 Å². The minimum Gasteiger partial charge on any atom is -0.481 e. The summed E-state index contributed by atoms with van der Waals surface area (Å²) in [6.07, 6.45) is 0.0496. The molecule has 94 valence electrons. The van der Waals surface area contributed by atoms with Gasteiger partial charge in [-0.3, -0.25) is 14.5 Å². The molecule has 0 aromatic rings. The van der Waals surface area contributed by atoms with Crippen LogP contribution in [0.3, 0.4) is 0 Å². The number of carboxylic acids is 1. The summed E-state index contributed by atoms with van der Waals surface area (Å²) in [5, 5.41) is 11.4. The Kier molecular flexibility index (Phi) is 6.72. The summed E-state index contributed by atoms with van der Waals surface area (Å²) < 4.78 is 0. The second-order valence-electron chi connectivity index (χ2n) is 4.56. The van der Waals surface area contributed by atoms with Crippen molar-refractivity contribution in [2.75, 3.05) is 20.1 Å². The number of hydrogen-bond donors (Lipinski definition) is 2. The molecule has 1 unspecified atom stereocenters. The maximum atomic E-state index is 11.4. The molecule has 0 fully saturated rings. The highest BCUT2D eigenvalue weighted by atomic mass is 16.4. The fourth-order valence-electron chi connectivity index (χ4n) is 1.16. The summed E-state index contributed by atoms with van der Waals surface area (Å²) in [7, 11) is 1.75. The molecule has 0 spiro atoms. The summed E-state index contributed by atoms with van der Waals surface area (Å²) in [4.78, 5) is 23.7. The SMILES string of the molecule is CC(C)CNC(=O)CN(C)C(C)CC(=O)O. The second kappa shape index (κ2) is 7.22. The minimum absolute atomic E-state index is 0.0496. The van der Waals surface area contributed by atoms with Gasteiger partial charge in [0.2, 0.25) is 5.91 Å². The van der Waals surface area contributed by atoms with Gasteiger partial charge < -0.3 is 10.4 Å². The fourth-order valence-corrected chi connectivity index (χ4v) is 1.16. The van der Waals surface area contributed by atoms with Crippen LogP contribution < -0.4 is 5.32 Å². The van der Waals surface area contributed by atoms with Gasteiger partial charge in [-0.15, -0.1) is 0 Å². The van der Waals surface area contributed by atoms with Crippen LogP contribution in [0.4, 0.5) is 0 Å². The highest BCUT2D eigenvalue weighted by Crippen LogP contribution is 2.00. The smallest absolute Gasteiger partial charge is 0.304 e. The maximum absolute atomic E-state index is 11.4. The van der Waals surface area contributed by atoms with E-state index in [0.29, 0.717) is 12.5 Å². The van der Waals surface area contributed by atoms with Crippen LogP contribution in [0.1, 0.15) is 27.2 Å². The molecule has 0 aliphatic carbocycles. The summed E-state index contributed by atoms with van der Waals surface area (Å²) in [5.41, 5.74) is 0. The minimum atomic E-state index is -0.845. The van der Waals surface area contributed by atoms with Gasteiger partial charge in [0.1, 0.15) is 0 Å². The van der Waals surface area contributed by atoms with Crippen molar-refractivity contribution in [2.24, 2.45) is 5.92 Å². The van der Waals surface area contributed by atoms with E-state index in [1.807, 2.05) is 13.8 Å². The lowest BCUT2D eigenvalue weighted by Gasteiger charge is -2.22. The van der Waals surface area contributed by atoms with Gasteiger partial charge in [0.25, 0.3) is 0 Å². The molecular weight excluding hydrogens is 208 g/mol. The monoisotopic (exact) mass is 230 g/mol. The van der Waals surface area contributed by atoms with E-state index in [2.05, 4.69) is 5.32 Å². The average molecular weight is 230 g/mol. The Hall–Kier alpha value is -1.10. The molecule has 5 nitrogen and oxygen atoms in total. The molecule has 1 amide bonds. The van der Waals surface area contributed by atoms with Crippen LogP contribution in [-0.2, 0) is 9.59 Å². The van der Waals surface area contributed by atoms with E-state index in [-0.39, 0.29) is 24.9 Å². The number of rotatable bonds is 7. The van der Waals surface area contributed by atoms with Crippen molar-refractivity contribution in [1.82, 2.24) is 10.2 Å². The van der Waals surface area contributed by atoms with E-state index in [1.54, 1.807) is 18.9 Å². The third-order valence-corrected chi connectivity index (χ3v) is 2.32. The average Bonchev–Trinajstić information content (AvgIpc) is 2.13. The lowest BCUT2D eigenvalue weighted by Crippen LogP contribution is -2.41. The van der Waals surface area contributed by atoms with Crippen LogP contribution in [-0.4, -0.2) is 48.1 Å². The number of aliphatic carboxylic acids is 1. The molecule has 16 heavy (non-hydrogen) atoms. The molecule has 1 atom stereocenters. The highest BCUT2D eigenvalue weighted by molar-refractivity contribution is 5.78. The number of carboxylic acid groups (broad SMARTS) is 1. The Bertz CT molecular complexity index is 241. The quantitative estimate of drug-likeness (QED) is 0.670. The topological polar surface area (TPSA) is 69.6 Å². The molecule has 0 heterocycles. The van der Waals surface area contributed by atoms with Crippen LogP contribution in [0.25, 0.3) is 0 Å². The lowest BCUT2D eigenvalue weighted by atomic mass is 10.2. The lowest BCUT2D eigenvalue weighted by molar-refractivity contribution is -0.138. The van der Waals surface area contributed by atoms with Gasteiger partial charge in [0, 0.05) is 12.6 Å². The molecule has 0 radical (unpaired) electrons. The molecule has 0 saturated carbocycles. The second-order valence-corrected chi connectivity index (χ2v) is 4.56. The van der Waals surface area contributed by atoms with Gasteiger partial charge in [0.05, 0.1) is 13.0 Å². The molecule has 0 rings (SSSR count). The van der Waals surface area contributed by atoms with Crippen molar-refractivity contribution in [3.8, 4) is 0 Å². The Labute approximate surface area is 96.8 Å². The van der Waals surface area contributed by atoms with E-state index >= 15 is 0 Å². The summed E-state index contributed by atoms with van der Waals surface area (Å²) in [6.45, 7) is 6.74. The van der Waals surface area contributed by atoms with Crippen molar-refractivity contribution in [3.05, 3.63) is 0 Å². The number of hydrogen-bond acceptors (Lipinski definition) is 3. The first kappa shape index (κ1) is 14.9. The van der Waals surface area contributed by atoms with Crippen LogP contribution in [0.5, 0.6) is 0 Å². The Balaban J connectivity index is 3.89. The Morgan fingerprint density at radius 2 is 1.88 bits per heavy atom. The summed E-state index contributed by atoms with van der Waals surface area (Å²) in [6, 6.07) is -0.137. The first-order valence-corrected chi connectivity index (χ1v) is 5.51. The third kappa shape index (κ3) is 7.23. The van der Waals surface area contributed by atoms with Gasteiger partial charge in [0.15, 0.2) is 0 Å². The van der Waals surface area contributed by atoms with E-state index < -0.39 is 5.97 Å². The predicted molar refractivity (Wildman–Crippen MR) is 62.2 cm³/mol. The normalized spacial score (nSPS) is 12.9. The Morgan fingerprint density at radius 3 is 2.31 bits per heavy atom. The van der Waals surface area contributed by atoms with Crippen LogP contribution in [0, 0.1) is 5.92 Å². The molecule has 0 aliphatic rings.